The lowest BCUT2D eigenvalue weighted by Crippen LogP contribution is -2.38. The first-order valence-electron chi connectivity index (χ1n) is 7.93. The van der Waals surface area contributed by atoms with Crippen molar-refractivity contribution in [3.8, 4) is 0 Å². The van der Waals surface area contributed by atoms with Crippen molar-refractivity contribution in [1.29, 1.82) is 0 Å². The molecule has 0 heterocycles. The van der Waals surface area contributed by atoms with Crippen LogP contribution in [0.4, 0.5) is 0 Å². The summed E-state index contributed by atoms with van der Waals surface area (Å²) in [5.41, 5.74) is 0. The Morgan fingerprint density at radius 2 is 1.26 bits per heavy atom. The topological polar surface area (TPSA) is 73.3 Å². The molecule has 0 bridgehead atoms. The van der Waals surface area contributed by atoms with Crippen molar-refractivity contribution >= 4 is 29.9 Å². The van der Waals surface area contributed by atoms with E-state index in [0.29, 0.717) is 26.4 Å². The van der Waals surface area contributed by atoms with E-state index < -0.39 is 0 Å². The van der Waals surface area contributed by atoms with Crippen molar-refractivity contribution in [3.63, 3.8) is 0 Å². The zero-order valence-electron chi connectivity index (χ0n) is 14.8. The summed E-state index contributed by atoms with van der Waals surface area (Å²) in [6.07, 6.45) is 3.02. The molecule has 0 amide bonds. The summed E-state index contributed by atoms with van der Waals surface area (Å²) in [7, 11) is 5.13. The maximum Gasteiger partial charge on any atom is 0.190 e. The highest BCUT2D eigenvalue weighted by molar-refractivity contribution is 14.0. The van der Waals surface area contributed by atoms with E-state index in [2.05, 4.69) is 15.6 Å². The molecular weight excluding hydrogens is 413 g/mol. The first kappa shape index (κ1) is 25.1. The minimum absolute atomic E-state index is 0. The first-order chi connectivity index (χ1) is 10.8. The van der Waals surface area contributed by atoms with Gasteiger partial charge >= 0.3 is 0 Å². The Balaban J connectivity index is 0. The summed E-state index contributed by atoms with van der Waals surface area (Å²) < 4.78 is 20.6. The van der Waals surface area contributed by atoms with Gasteiger partial charge in [0.25, 0.3) is 0 Å². The van der Waals surface area contributed by atoms with E-state index in [1.165, 1.54) is 0 Å². The van der Waals surface area contributed by atoms with Crippen LogP contribution in [-0.4, -0.2) is 80.0 Å². The molecule has 8 heteroatoms. The standard InChI is InChI=1S/C15H33N3O4.HI/c1-16-15(18-8-6-10-22-14-12-20-3)17-7-4-5-9-21-13-11-19-2;/h4-14H2,1-3H3,(H2,16,17,18);1H. The number of aliphatic imine (C=N–C) groups is 1. The third-order valence-electron chi connectivity index (χ3n) is 2.85. The van der Waals surface area contributed by atoms with E-state index in [4.69, 9.17) is 18.9 Å². The fraction of sp³-hybridized carbons (Fsp3) is 0.933. The zero-order valence-corrected chi connectivity index (χ0v) is 17.1. The molecule has 0 radical (unpaired) electrons. The SMILES string of the molecule is CN=C(NCCCCOCCOC)NCCCOCCOC.I. The molecule has 0 atom stereocenters. The number of ether oxygens (including phenoxy) is 4. The van der Waals surface area contributed by atoms with Gasteiger partial charge in [-0.05, 0) is 19.3 Å². The van der Waals surface area contributed by atoms with Crippen LogP contribution in [0.15, 0.2) is 4.99 Å². The molecule has 0 rings (SSSR count). The Hall–Kier alpha value is -0.160. The highest BCUT2D eigenvalue weighted by Crippen LogP contribution is 1.89. The highest BCUT2D eigenvalue weighted by Gasteiger charge is 1.97. The minimum atomic E-state index is 0. The van der Waals surface area contributed by atoms with E-state index in [1.54, 1.807) is 21.3 Å². The van der Waals surface area contributed by atoms with Gasteiger partial charge in [-0.2, -0.15) is 0 Å². The lowest BCUT2D eigenvalue weighted by molar-refractivity contribution is 0.0689. The largest absolute Gasteiger partial charge is 0.382 e. The van der Waals surface area contributed by atoms with Crippen molar-refractivity contribution < 1.29 is 18.9 Å². The van der Waals surface area contributed by atoms with Gasteiger partial charge in [-0.15, -0.1) is 24.0 Å². The molecule has 7 nitrogen and oxygen atoms in total. The molecule has 0 aromatic heterocycles. The number of nitrogens with zero attached hydrogens (tertiary/aromatic N) is 1. The van der Waals surface area contributed by atoms with Gasteiger partial charge in [0.2, 0.25) is 0 Å². The summed E-state index contributed by atoms with van der Waals surface area (Å²) in [5.74, 6) is 0.831. The molecule has 0 spiro atoms. The van der Waals surface area contributed by atoms with Crippen LogP contribution < -0.4 is 10.6 Å². The van der Waals surface area contributed by atoms with E-state index >= 15 is 0 Å². The zero-order chi connectivity index (χ0) is 16.3. The summed E-state index contributed by atoms with van der Waals surface area (Å²) in [4.78, 5) is 4.18. The van der Waals surface area contributed by atoms with Gasteiger partial charge in [0.05, 0.1) is 26.4 Å². The third kappa shape index (κ3) is 19.8. The number of unbranched alkanes of at least 4 members (excludes halogenated alkanes) is 1. The van der Waals surface area contributed by atoms with Gasteiger partial charge < -0.3 is 29.6 Å². The second-order valence-corrected chi connectivity index (χ2v) is 4.70. The molecule has 0 aliphatic heterocycles. The number of halogens is 1. The molecule has 2 N–H and O–H groups in total. The van der Waals surface area contributed by atoms with Crippen LogP contribution >= 0.6 is 24.0 Å². The molecule has 0 aromatic carbocycles. The maximum atomic E-state index is 5.41. The summed E-state index contributed by atoms with van der Waals surface area (Å²) >= 11 is 0. The van der Waals surface area contributed by atoms with Gasteiger partial charge in [0.15, 0.2) is 5.96 Å². The van der Waals surface area contributed by atoms with E-state index in [1.807, 2.05) is 0 Å². The minimum Gasteiger partial charge on any atom is -0.382 e. The quantitative estimate of drug-likeness (QED) is 0.171. The van der Waals surface area contributed by atoms with Crippen LogP contribution in [0, 0.1) is 0 Å². The average Bonchev–Trinajstić information content (AvgIpc) is 2.54. The Bertz CT molecular complexity index is 259. The average molecular weight is 447 g/mol. The Morgan fingerprint density at radius 1 is 0.739 bits per heavy atom. The molecule has 0 aromatic rings. The summed E-state index contributed by atoms with van der Waals surface area (Å²) in [6.45, 7) is 5.85. The molecule has 0 saturated heterocycles. The predicted molar refractivity (Wildman–Crippen MR) is 104 cm³/mol. The molecular formula is C15H34IN3O4. The van der Waals surface area contributed by atoms with Crippen molar-refractivity contribution in [1.82, 2.24) is 10.6 Å². The van der Waals surface area contributed by atoms with Crippen molar-refractivity contribution in [2.75, 3.05) is 74.0 Å². The second kappa shape index (κ2) is 21.8. The molecule has 23 heavy (non-hydrogen) atoms. The van der Waals surface area contributed by atoms with Gasteiger partial charge in [0.1, 0.15) is 0 Å². The molecule has 0 aliphatic rings. The van der Waals surface area contributed by atoms with Crippen LogP contribution in [0.25, 0.3) is 0 Å². The third-order valence-corrected chi connectivity index (χ3v) is 2.85. The van der Waals surface area contributed by atoms with Gasteiger partial charge in [-0.25, -0.2) is 0 Å². The van der Waals surface area contributed by atoms with Crippen molar-refractivity contribution in [2.24, 2.45) is 4.99 Å². The van der Waals surface area contributed by atoms with E-state index in [9.17, 15) is 0 Å². The van der Waals surface area contributed by atoms with E-state index in [-0.39, 0.29) is 24.0 Å². The monoisotopic (exact) mass is 447 g/mol. The van der Waals surface area contributed by atoms with Crippen molar-refractivity contribution in [2.45, 2.75) is 19.3 Å². The van der Waals surface area contributed by atoms with Crippen LogP contribution in [-0.2, 0) is 18.9 Å². The van der Waals surface area contributed by atoms with E-state index in [0.717, 1.165) is 51.5 Å². The Kier molecular flexibility index (Phi) is 23.8. The number of hydrogen-bond donors (Lipinski definition) is 2. The maximum absolute atomic E-state index is 5.41. The second-order valence-electron chi connectivity index (χ2n) is 4.70. The highest BCUT2D eigenvalue weighted by atomic mass is 127. The smallest absolute Gasteiger partial charge is 0.190 e. The predicted octanol–water partition coefficient (Wildman–Crippen LogP) is 1.27. The van der Waals surface area contributed by atoms with Crippen LogP contribution in [0.2, 0.25) is 0 Å². The fourth-order valence-electron chi connectivity index (χ4n) is 1.63. The number of nitrogens with one attached hydrogen (secondary N) is 2. The number of rotatable bonds is 15. The Labute approximate surface area is 157 Å². The van der Waals surface area contributed by atoms with Gasteiger partial charge in [-0.1, -0.05) is 0 Å². The van der Waals surface area contributed by atoms with Gasteiger partial charge in [0, 0.05) is 47.6 Å². The molecule has 0 aliphatic carbocycles. The first-order valence-corrected chi connectivity index (χ1v) is 7.93. The summed E-state index contributed by atoms with van der Waals surface area (Å²) in [6, 6.07) is 0. The number of guanidine groups is 1. The van der Waals surface area contributed by atoms with Crippen LogP contribution in [0.1, 0.15) is 19.3 Å². The number of methoxy groups -OCH3 is 2. The van der Waals surface area contributed by atoms with Crippen molar-refractivity contribution in [3.05, 3.63) is 0 Å². The lowest BCUT2D eigenvalue weighted by Gasteiger charge is -2.12. The number of hydrogen-bond acceptors (Lipinski definition) is 5. The molecule has 0 unspecified atom stereocenters. The normalized spacial score (nSPS) is 11.2. The Morgan fingerprint density at radius 3 is 1.78 bits per heavy atom. The lowest BCUT2D eigenvalue weighted by atomic mass is 10.3. The van der Waals surface area contributed by atoms with Gasteiger partial charge in [-0.3, -0.25) is 4.99 Å². The molecule has 0 saturated carbocycles. The fourth-order valence-corrected chi connectivity index (χ4v) is 1.63. The molecule has 140 valence electrons. The van der Waals surface area contributed by atoms with Crippen LogP contribution in [0.3, 0.4) is 0 Å². The van der Waals surface area contributed by atoms with Crippen LogP contribution in [0.5, 0.6) is 0 Å². The molecule has 0 fully saturated rings. The summed E-state index contributed by atoms with van der Waals surface area (Å²) in [5, 5.41) is 6.54.